The highest BCUT2D eigenvalue weighted by atomic mass is 16.5. The number of piperidine rings is 2. The largest absolute Gasteiger partial charge is 0.471 e. The summed E-state index contributed by atoms with van der Waals surface area (Å²) < 4.78 is 30.6. The van der Waals surface area contributed by atoms with Gasteiger partial charge in [0.2, 0.25) is 29.5 Å². The molecule has 12 aromatic rings. The van der Waals surface area contributed by atoms with Gasteiger partial charge in [-0.1, -0.05) is 95.6 Å². The lowest BCUT2D eigenvalue weighted by Crippen LogP contribution is -2.44. The van der Waals surface area contributed by atoms with Crippen LogP contribution in [0.2, 0.25) is 0 Å². The van der Waals surface area contributed by atoms with E-state index in [1.165, 1.54) is 35.6 Å². The lowest BCUT2D eigenvalue weighted by atomic mass is 10.1. The number of benzene rings is 4. The maximum absolute atomic E-state index is 12.7. The minimum atomic E-state index is -0.134. The first kappa shape index (κ1) is 86.8. The van der Waals surface area contributed by atoms with Crippen molar-refractivity contribution in [1.82, 2.24) is 95.0 Å². The van der Waals surface area contributed by atoms with E-state index in [0.717, 1.165) is 123 Å². The Hall–Kier alpha value is -13.5. The number of hydrogen-bond acceptors (Lipinski definition) is 23. The van der Waals surface area contributed by atoms with Crippen LogP contribution in [0, 0.1) is 27.7 Å². The van der Waals surface area contributed by atoms with E-state index in [-0.39, 0.29) is 47.9 Å². The summed E-state index contributed by atoms with van der Waals surface area (Å²) in [6, 6.07) is 39.9. The normalized spacial score (nSPS) is 17.2. The van der Waals surface area contributed by atoms with Gasteiger partial charge in [-0.05, 0) is 162 Å². The number of carbonyl (C=O) groups is 4. The molecule has 0 bridgehead atoms. The van der Waals surface area contributed by atoms with Gasteiger partial charge < -0.3 is 69.0 Å². The molecule has 0 spiro atoms. The highest BCUT2D eigenvalue weighted by molar-refractivity contribution is 5.96. The van der Waals surface area contributed by atoms with E-state index >= 15 is 0 Å². The highest BCUT2D eigenvalue weighted by Gasteiger charge is 2.32. The van der Waals surface area contributed by atoms with E-state index in [1.807, 2.05) is 214 Å². The standard InChI is InChI=1S/C26H32N6O2.C23H28N6O2.C23H27N5O3.C21H23N5O2/c1-18-7-11-21(12-8-18)34-22-13-14-27-25-24(22)26(30-29-25)28-19-5-3-16-32(17-19)23(33)6-4-15-31(2)20-9-10-20;1-16-6-8-18(9-7-16)31-19-10-12-24-22-21(19)23(27-26-22)25-17-11-14-29(15-17)20(30)5-4-13-28(2)3;1-16-6-8-17(9-7-16)30-19-10-12-24-22-21(19)23(26-25-22)31-18-11-14-28(15-18)20(29)5-4-13-27(2)3;1-3-18(27)26-12-4-5-15(13-26)23-21-19-17(10-11-22-20(19)24-25-21)28-16-8-6-14(2)7-9-16/h4,6-8,11-14,19-20H,3,5,9-10,15-17H2,1-2H3,(H2,27,28,29,30);4-10,12,17H,11,13-15H2,1-3H3,(H2,24,25,26,27);4-10,12,18H,11,13-15H2,1-3H3,(H,24,25,26);3,6-11,15H,1,4-5,12-13H2,2H3,(H2,22,23,24,25)/b6-4+;2*5-4+;/t19-;17-;18-;15-/m1111/s1. The van der Waals surface area contributed by atoms with Crippen molar-refractivity contribution in [3.8, 4) is 51.9 Å². The molecule has 17 rings (SSSR count). The predicted octanol–water partition coefficient (Wildman–Crippen LogP) is 14.1. The van der Waals surface area contributed by atoms with Crippen LogP contribution >= 0.6 is 0 Å². The molecule has 0 radical (unpaired) electrons. The molecule has 646 valence electrons. The van der Waals surface area contributed by atoms with Crippen molar-refractivity contribution in [3.05, 3.63) is 217 Å². The summed E-state index contributed by atoms with van der Waals surface area (Å²) in [5.74, 6) is 8.28. The number of aromatic nitrogens is 12. The van der Waals surface area contributed by atoms with Gasteiger partial charge in [0.15, 0.2) is 40.0 Å². The number of likely N-dealkylation sites (N-methyl/N-ethyl adjacent to an activating group) is 3. The van der Waals surface area contributed by atoms with Gasteiger partial charge in [-0.15, -0.1) is 5.10 Å². The van der Waals surface area contributed by atoms with Crippen molar-refractivity contribution in [2.24, 2.45) is 0 Å². The van der Waals surface area contributed by atoms with Gasteiger partial charge in [0.25, 0.3) is 0 Å². The second kappa shape index (κ2) is 41.4. The number of fused-ring (bicyclic) bond motifs is 4. The third kappa shape index (κ3) is 23.4. The average molecular weight is 1680 g/mol. The summed E-state index contributed by atoms with van der Waals surface area (Å²) in [6.45, 7) is 19.4. The number of rotatable bonds is 27. The molecule has 8 aromatic heterocycles. The Balaban J connectivity index is 0.000000135. The first-order chi connectivity index (χ1) is 60.2. The summed E-state index contributed by atoms with van der Waals surface area (Å²) >= 11 is 0. The molecular weight excluding hydrogens is 1570 g/mol. The van der Waals surface area contributed by atoms with Crippen molar-refractivity contribution in [3.63, 3.8) is 0 Å². The quantitative estimate of drug-likeness (QED) is 0.0235. The van der Waals surface area contributed by atoms with Gasteiger partial charge in [0.1, 0.15) is 73.6 Å². The van der Waals surface area contributed by atoms with Gasteiger partial charge >= 0.3 is 0 Å². The Bertz CT molecular complexity index is 5530. The van der Waals surface area contributed by atoms with Crippen LogP contribution in [0.15, 0.2) is 195 Å². The lowest BCUT2D eigenvalue weighted by Gasteiger charge is -2.32. The van der Waals surface area contributed by atoms with Crippen LogP contribution in [-0.2, 0) is 19.2 Å². The molecule has 31 heteroatoms. The van der Waals surface area contributed by atoms with Crippen LogP contribution in [0.5, 0.6) is 51.9 Å². The molecule has 1 saturated carbocycles. The first-order valence-electron chi connectivity index (χ1n) is 42.2. The molecule has 4 atom stereocenters. The number of pyridine rings is 4. The minimum absolute atomic E-state index is 0.00453. The number of nitrogens with one attached hydrogen (secondary N) is 7. The van der Waals surface area contributed by atoms with Gasteiger partial charge in [-0.25, -0.2) is 19.9 Å². The average Bonchev–Trinajstić information content (AvgIpc) is 1.65. The maximum Gasteiger partial charge on any atom is 0.246 e. The van der Waals surface area contributed by atoms with Crippen LogP contribution in [0.25, 0.3) is 44.1 Å². The molecule has 4 aromatic carbocycles. The molecular formula is C93H110N22O9. The van der Waals surface area contributed by atoms with Crippen molar-refractivity contribution < 1.29 is 42.9 Å². The van der Waals surface area contributed by atoms with Crippen molar-refractivity contribution in [2.45, 2.75) is 109 Å². The number of hydrogen-bond donors (Lipinski definition) is 7. The van der Waals surface area contributed by atoms with Crippen molar-refractivity contribution >= 4 is 85.2 Å². The summed E-state index contributed by atoms with van der Waals surface area (Å²) in [6.07, 6.45) is 26.7. The molecule has 0 unspecified atom stereocenters. The number of anilines is 3. The molecule has 4 aliphatic heterocycles. The second-order valence-corrected chi connectivity index (χ2v) is 32.4. The van der Waals surface area contributed by atoms with Crippen LogP contribution < -0.4 is 39.6 Å². The molecule has 1 aliphatic carbocycles. The van der Waals surface area contributed by atoms with E-state index in [1.54, 1.807) is 54.0 Å². The molecule has 4 amide bonds. The van der Waals surface area contributed by atoms with Crippen molar-refractivity contribution in [2.75, 3.05) is 123 Å². The Morgan fingerprint density at radius 2 is 0.734 bits per heavy atom. The van der Waals surface area contributed by atoms with Crippen LogP contribution in [-0.4, -0.2) is 256 Å². The van der Waals surface area contributed by atoms with Gasteiger partial charge in [-0.2, -0.15) is 15.3 Å². The van der Waals surface area contributed by atoms with E-state index in [4.69, 9.17) is 23.7 Å². The zero-order chi connectivity index (χ0) is 86.6. The molecule has 7 N–H and O–H groups in total. The lowest BCUT2D eigenvalue weighted by molar-refractivity contribution is -0.127. The SMILES string of the molecule is C=CC(=O)N1CCC[C@@H](Nc2n[nH]c3nccc(Oc4ccc(C)cc4)c23)C1.Cc1ccc(Oc2ccnc3[nH]nc(N[C@@H]4CCCN(C(=O)/C=C/CN(C)C5CC5)C4)c23)cc1.Cc1ccc(Oc2ccnc3[nH]nc(N[C@@H]4CCN(C(=O)/C=C/CN(C)C)C4)c23)cc1.Cc1ccc(Oc2ccnc3[nH]nc(O[C@@H]4CCN(C(=O)/C=C/CN(C)C)C4)c23)cc1. The zero-order valence-electron chi connectivity index (χ0n) is 71.8. The second-order valence-electron chi connectivity index (χ2n) is 32.4. The number of aromatic amines is 4. The molecule has 124 heavy (non-hydrogen) atoms. The van der Waals surface area contributed by atoms with Gasteiger partial charge in [0, 0.05) is 163 Å². The monoisotopic (exact) mass is 1680 g/mol. The number of aryl methyl sites for hydroxylation is 4. The van der Waals surface area contributed by atoms with Gasteiger partial charge in [0.05, 0.1) is 6.54 Å². The Morgan fingerprint density at radius 1 is 0.403 bits per heavy atom. The maximum atomic E-state index is 12.7. The van der Waals surface area contributed by atoms with Gasteiger partial charge in [-0.3, -0.25) is 44.5 Å². The third-order valence-corrected chi connectivity index (χ3v) is 21.8. The number of carbonyl (C=O) groups excluding carboxylic acids is 4. The van der Waals surface area contributed by atoms with Crippen molar-refractivity contribution in [1.29, 1.82) is 0 Å². The summed E-state index contributed by atoms with van der Waals surface area (Å²) in [4.78, 5) is 80.6. The van der Waals surface area contributed by atoms with E-state index in [0.29, 0.717) is 113 Å². The fraction of sp³-hybridized carbons (Fsp3) is 0.355. The summed E-state index contributed by atoms with van der Waals surface area (Å²) in [5, 5.41) is 43.0. The Morgan fingerprint density at radius 3 is 1.11 bits per heavy atom. The molecule has 12 heterocycles. The summed E-state index contributed by atoms with van der Waals surface area (Å²) in [5.41, 5.74) is 7.27. The number of nitrogens with zero attached hydrogens (tertiary/aromatic N) is 15. The van der Waals surface area contributed by atoms with Crippen LogP contribution in [0.3, 0.4) is 0 Å². The first-order valence-corrected chi connectivity index (χ1v) is 42.2. The smallest absolute Gasteiger partial charge is 0.246 e. The number of amides is 4. The summed E-state index contributed by atoms with van der Waals surface area (Å²) in [7, 11) is 10.0. The number of likely N-dealkylation sites (tertiary alicyclic amines) is 4. The molecule has 4 saturated heterocycles. The van der Waals surface area contributed by atoms with E-state index in [9.17, 15) is 19.2 Å². The fourth-order valence-electron chi connectivity index (χ4n) is 14.9. The zero-order valence-corrected chi connectivity index (χ0v) is 71.8. The fourth-order valence-corrected chi connectivity index (χ4v) is 14.9. The molecule has 5 aliphatic rings. The number of H-pyrrole nitrogens is 4. The molecule has 5 fully saturated rings. The van der Waals surface area contributed by atoms with E-state index < -0.39 is 0 Å². The third-order valence-electron chi connectivity index (χ3n) is 21.8. The topological polar surface area (TPSA) is 339 Å². The molecule has 31 nitrogen and oxygen atoms in total. The minimum Gasteiger partial charge on any atom is -0.471 e. The van der Waals surface area contributed by atoms with E-state index in [2.05, 4.69) is 95.2 Å². The Labute approximate surface area is 721 Å². The Kier molecular flexibility index (Phi) is 29.0. The predicted molar refractivity (Wildman–Crippen MR) is 482 cm³/mol. The highest BCUT2D eigenvalue weighted by Crippen LogP contribution is 2.40. The van der Waals surface area contributed by atoms with Crippen LogP contribution in [0.4, 0.5) is 17.5 Å². The van der Waals surface area contributed by atoms with Crippen LogP contribution in [0.1, 0.15) is 73.6 Å². The number of ether oxygens (including phenoxy) is 5.